The topological polar surface area (TPSA) is 110 Å². The van der Waals surface area contributed by atoms with Gasteiger partial charge in [0, 0.05) is 19.0 Å². The van der Waals surface area contributed by atoms with Gasteiger partial charge in [-0.2, -0.15) is 0 Å². The number of nitrogens with two attached hydrogens (primary N) is 1. The van der Waals surface area contributed by atoms with E-state index in [9.17, 15) is 9.59 Å². The summed E-state index contributed by atoms with van der Waals surface area (Å²) in [5, 5.41) is 2.72. The van der Waals surface area contributed by atoms with Crippen LogP contribution in [0.15, 0.2) is 42.9 Å². The van der Waals surface area contributed by atoms with Crippen molar-refractivity contribution in [1.29, 1.82) is 0 Å². The lowest BCUT2D eigenvalue weighted by atomic mass is 10.0. The van der Waals surface area contributed by atoms with Crippen molar-refractivity contribution in [3.05, 3.63) is 54.1 Å². The number of aromatic amines is 1. The van der Waals surface area contributed by atoms with Crippen molar-refractivity contribution in [2.45, 2.75) is 51.3 Å². The van der Waals surface area contributed by atoms with Crippen LogP contribution < -0.4 is 11.1 Å². The van der Waals surface area contributed by atoms with E-state index in [1.807, 2.05) is 30.3 Å². The van der Waals surface area contributed by atoms with Gasteiger partial charge in [-0.25, -0.2) is 9.78 Å². The van der Waals surface area contributed by atoms with E-state index in [0.717, 1.165) is 5.56 Å². The van der Waals surface area contributed by atoms with Crippen LogP contribution in [0.4, 0.5) is 0 Å². The number of imidazole rings is 1. The molecule has 1 aromatic carbocycles. The highest BCUT2D eigenvalue weighted by Crippen LogP contribution is 2.12. The minimum absolute atomic E-state index is 0. The van der Waals surface area contributed by atoms with E-state index in [1.165, 1.54) is 6.33 Å². The molecule has 1 aromatic heterocycles. The number of nitrogens with one attached hydrogen (secondary N) is 2. The molecule has 7 nitrogen and oxygen atoms in total. The van der Waals surface area contributed by atoms with Crippen molar-refractivity contribution in [2.75, 3.05) is 0 Å². The number of benzene rings is 1. The summed E-state index contributed by atoms with van der Waals surface area (Å²) in [7, 11) is 0. The van der Waals surface area contributed by atoms with Crippen LogP contribution in [0.25, 0.3) is 0 Å². The fourth-order valence-corrected chi connectivity index (χ4v) is 2.42. The zero-order valence-electron chi connectivity index (χ0n) is 16.2. The number of esters is 1. The van der Waals surface area contributed by atoms with Crippen molar-refractivity contribution in [3.8, 4) is 0 Å². The number of halogens is 2. The molecule has 1 amide bonds. The van der Waals surface area contributed by atoms with Gasteiger partial charge in [0.2, 0.25) is 5.91 Å². The first-order chi connectivity index (χ1) is 12.2. The Hall–Kier alpha value is -2.09. The van der Waals surface area contributed by atoms with Crippen molar-refractivity contribution in [2.24, 2.45) is 5.73 Å². The number of ether oxygens (including phenoxy) is 1. The van der Waals surface area contributed by atoms with Crippen LogP contribution in [0, 0.1) is 0 Å². The lowest BCUT2D eigenvalue weighted by Crippen LogP contribution is -2.51. The molecule has 2 rings (SSSR count). The first kappa shape index (κ1) is 25.9. The number of amides is 1. The Morgan fingerprint density at radius 1 is 1.18 bits per heavy atom. The quantitative estimate of drug-likeness (QED) is 0.583. The molecule has 0 spiro atoms. The molecule has 1 heterocycles. The Morgan fingerprint density at radius 3 is 2.36 bits per heavy atom. The standard InChI is InChI=1S/C19H26N4O3.2ClH/c1-19(2,3)26-18(25)16(9-13-7-5-4-6-8-13)23-17(24)15(20)10-14-11-21-12-22-14;;/h4-8,11-12,15-16H,9-10,20H2,1-3H3,(H,21,22)(H,23,24);2*1H/t15-,16-;;/m1../s1. The maximum atomic E-state index is 12.5. The predicted octanol–water partition coefficient (Wildman–Crippen LogP) is 2.19. The minimum atomic E-state index is -0.811. The van der Waals surface area contributed by atoms with Gasteiger partial charge in [-0.05, 0) is 26.3 Å². The summed E-state index contributed by atoms with van der Waals surface area (Å²) in [4.78, 5) is 31.9. The number of hydrogen-bond acceptors (Lipinski definition) is 5. The first-order valence-corrected chi connectivity index (χ1v) is 8.55. The number of nitrogens with zero attached hydrogens (tertiary/aromatic N) is 1. The zero-order valence-corrected chi connectivity index (χ0v) is 17.8. The first-order valence-electron chi connectivity index (χ1n) is 8.55. The summed E-state index contributed by atoms with van der Waals surface area (Å²) in [6, 6.07) is 7.83. The Morgan fingerprint density at radius 2 is 1.82 bits per heavy atom. The van der Waals surface area contributed by atoms with Crippen molar-refractivity contribution in [3.63, 3.8) is 0 Å². The monoisotopic (exact) mass is 430 g/mol. The summed E-state index contributed by atoms with van der Waals surface area (Å²) in [6.45, 7) is 5.36. The lowest BCUT2D eigenvalue weighted by Gasteiger charge is -2.25. The summed E-state index contributed by atoms with van der Waals surface area (Å²) < 4.78 is 5.45. The van der Waals surface area contributed by atoms with Gasteiger partial charge in [-0.1, -0.05) is 30.3 Å². The van der Waals surface area contributed by atoms with E-state index in [4.69, 9.17) is 10.5 Å². The Balaban J connectivity index is 0.00000364. The maximum Gasteiger partial charge on any atom is 0.329 e. The molecule has 0 aliphatic heterocycles. The molecule has 0 aliphatic carbocycles. The molecular formula is C19H28Cl2N4O3. The summed E-state index contributed by atoms with van der Waals surface area (Å²) in [5.74, 6) is -0.901. The number of rotatable bonds is 7. The average Bonchev–Trinajstić information content (AvgIpc) is 3.06. The highest BCUT2D eigenvalue weighted by molar-refractivity contribution is 5.88. The molecule has 9 heteroatoms. The molecule has 0 bridgehead atoms. The van der Waals surface area contributed by atoms with Crippen molar-refractivity contribution in [1.82, 2.24) is 15.3 Å². The predicted molar refractivity (Wildman–Crippen MR) is 113 cm³/mol. The highest BCUT2D eigenvalue weighted by atomic mass is 35.5. The zero-order chi connectivity index (χ0) is 19.2. The molecule has 28 heavy (non-hydrogen) atoms. The molecule has 2 aromatic rings. The Bertz CT molecular complexity index is 719. The number of carbonyl (C=O) groups excluding carboxylic acids is 2. The Labute approximate surface area is 177 Å². The second kappa shape index (κ2) is 11.7. The van der Waals surface area contributed by atoms with Gasteiger partial charge in [0.15, 0.2) is 0 Å². The van der Waals surface area contributed by atoms with Crippen molar-refractivity contribution >= 4 is 36.7 Å². The van der Waals surface area contributed by atoms with Gasteiger partial charge in [0.05, 0.1) is 18.1 Å². The molecular weight excluding hydrogens is 403 g/mol. The maximum absolute atomic E-state index is 12.5. The highest BCUT2D eigenvalue weighted by Gasteiger charge is 2.28. The van der Waals surface area contributed by atoms with Crippen molar-refractivity contribution < 1.29 is 14.3 Å². The van der Waals surface area contributed by atoms with E-state index in [2.05, 4.69) is 15.3 Å². The summed E-state index contributed by atoms with van der Waals surface area (Å²) in [5.41, 5.74) is 6.92. The molecule has 0 unspecified atom stereocenters. The average molecular weight is 431 g/mol. The minimum Gasteiger partial charge on any atom is -0.458 e. The molecule has 156 valence electrons. The molecule has 4 N–H and O–H groups in total. The van der Waals surface area contributed by atoms with Crippen LogP contribution in [-0.4, -0.2) is 39.5 Å². The van der Waals surface area contributed by atoms with Gasteiger partial charge in [0.25, 0.3) is 0 Å². The fourth-order valence-electron chi connectivity index (χ4n) is 2.42. The molecule has 0 aliphatic rings. The van der Waals surface area contributed by atoms with Gasteiger partial charge in [-0.3, -0.25) is 4.79 Å². The van der Waals surface area contributed by atoms with E-state index < -0.39 is 29.6 Å². The molecule has 0 fully saturated rings. The number of hydrogen-bond donors (Lipinski definition) is 3. The van der Waals surface area contributed by atoms with E-state index in [1.54, 1.807) is 27.0 Å². The number of carbonyl (C=O) groups is 2. The second-order valence-electron chi connectivity index (χ2n) is 7.16. The van der Waals surface area contributed by atoms with Gasteiger partial charge >= 0.3 is 5.97 Å². The smallest absolute Gasteiger partial charge is 0.329 e. The third-order valence-corrected chi connectivity index (χ3v) is 3.61. The molecule has 0 saturated heterocycles. The fraction of sp³-hybridized carbons (Fsp3) is 0.421. The molecule has 0 saturated carbocycles. The third kappa shape index (κ3) is 8.73. The van der Waals surface area contributed by atoms with E-state index in [0.29, 0.717) is 12.1 Å². The lowest BCUT2D eigenvalue weighted by molar-refractivity contribution is -0.158. The van der Waals surface area contributed by atoms with Gasteiger partial charge in [0.1, 0.15) is 11.6 Å². The van der Waals surface area contributed by atoms with Crippen LogP contribution in [-0.2, 0) is 27.2 Å². The largest absolute Gasteiger partial charge is 0.458 e. The van der Waals surface area contributed by atoms with E-state index in [-0.39, 0.29) is 31.2 Å². The van der Waals surface area contributed by atoms with Gasteiger partial charge in [-0.15, -0.1) is 24.8 Å². The van der Waals surface area contributed by atoms with Crippen LogP contribution in [0.5, 0.6) is 0 Å². The van der Waals surface area contributed by atoms with Crippen LogP contribution in [0.2, 0.25) is 0 Å². The second-order valence-corrected chi connectivity index (χ2v) is 7.16. The number of H-pyrrole nitrogens is 1. The Kier molecular flexibility index (Phi) is 10.8. The summed E-state index contributed by atoms with van der Waals surface area (Å²) in [6.07, 6.45) is 3.82. The number of aromatic nitrogens is 2. The summed E-state index contributed by atoms with van der Waals surface area (Å²) >= 11 is 0. The normalized spacial score (nSPS) is 12.7. The van der Waals surface area contributed by atoms with Crippen LogP contribution in [0.1, 0.15) is 32.0 Å². The van der Waals surface area contributed by atoms with Crippen LogP contribution >= 0.6 is 24.8 Å². The van der Waals surface area contributed by atoms with E-state index >= 15 is 0 Å². The van der Waals surface area contributed by atoms with Gasteiger partial charge < -0.3 is 20.8 Å². The SMILES string of the molecule is CC(C)(C)OC(=O)[C@@H](Cc1ccccc1)NC(=O)[C@H](N)Cc1c[nH]cn1.Cl.Cl. The molecule has 2 atom stereocenters. The van der Waals surface area contributed by atoms with Crippen LogP contribution in [0.3, 0.4) is 0 Å². The molecule has 0 radical (unpaired) electrons. The third-order valence-electron chi connectivity index (χ3n) is 3.61.